The van der Waals surface area contributed by atoms with Crippen molar-refractivity contribution >= 4 is 39.8 Å². The summed E-state index contributed by atoms with van der Waals surface area (Å²) in [5.74, 6) is 0.0915. The molecular formula is C12H14Cl2N2O. The second kappa shape index (κ2) is 6.62. The van der Waals surface area contributed by atoms with Crippen LogP contribution in [0.3, 0.4) is 0 Å². The zero-order valence-electron chi connectivity index (χ0n) is 9.71. The van der Waals surface area contributed by atoms with E-state index in [2.05, 4.69) is 10.5 Å². The van der Waals surface area contributed by atoms with E-state index in [1.807, 2.05) is 13.8 Å². The fourth-order valence-corrected chi connectivity index (χ4v) is 1.50. The number of nitrogens with zero attached hydrogens (tertiary/aromatic N) is 1. The van der Waals surface area contributed by atoms with Crippen LogP contribution in [0.25, 0.3) is 0 Å². The smallest absolute Gasteiger partial charge is 0.194 e. The van der Waals surface area contributed by atoms with E-state index in [1.54, 1.807) is 24.3 Å². The molecule has 0 amide bonds. The van der Waals surface area contributed by atoms with Crippen molar-refractivity contribution in [3.63, 3.8) is 0 Å². The number of nitrogens with one attached hydrogen (secondary N) is 1. The first-order valence-corrected chi connectivity index (χ1v) is 6.02. The highest BCUT2D eigenvalue weighted by molar-refractivity contribution is 6.83. The SMILES string of the molecule is CC(C)CC(=O)/C(Cl)=N/Nc1cccc(Cl)c1. The Hall–Kier alpha value is -1.06. The van der Waals surface area contributed by atoms with Gasteiger partial charge < -0.3 is 0 Å². The molecule has 3 nitrogen and oxygen atoms in total. The van der Waals surface area contributed by atoms with E-state index in [1.165, 1.54) is 0 Å². The van der Waals surface area contributed by atoms with Crippen LogP contribution in [0.1, 0.15) is 20.3 Å². The summed E-state index contributed by atoms with van der Waals surface area (Å²) in [6.07, 6.45) is 0.388. The fraction of sp³-hybridized carbons (Fsp3) is 0.333. The molecule has 0 fully saturated rings. The maximum Gasteiger partial charge on any atom is 0.194 e. The highest BCUT2D eigenvalue weighted by Crippen LogP contribution is 2.15. The van der Waals surface area contributed by atoms with Gasteiger partial charge >= 0.3 is 0 Å². The minimum Gasteiger partial charge on any atom is -0.291 e. The van der Waals surface area contributed by atoms with Gasteiger partial charge in [0.15, 0.2) is 11.0 Å². The molecule has 0 unspecified atom stereocenters. The number of carbonyl (C=O) groups excluding carboxylic acids is 1. The molecule has 0 aliphatic rings. The molecule has 0 atom stereocenters. The van der Waals surface area contributed by atoms with E-state index < -0.39 is 0 Å². The number of benzene rings is 1. The first-order valence-electron chi connectivity index (χ1n) is 5.27. The lowest BCUT2D eigenvalue weighted by Crippen LogP contribution is -2.12. The van der Waals surface area contributed by atoms with Crippen molar-refractivity contribution in [1.82, 2.24) is 0 Å². The second-order valence-electron chi connectivity index (χ2n) is 4.05. The third-order valence-electron chi connectivity index (χ3n) is 1.93. The van der Waals surface area contributed by atoms with Crippen LogP contribution in [0.2, 0.25) is 5.02 Å². The lowest BCUT2D eigenvalue weighted by atomic mass is 10.1. The summed E-state index contributed by atoms with van der Waals surface area (Å²) in [6.45, 7) is 3.90. The number of ketones is 1. The molecule has 0 bridgehead atoms. The lowest BCUT2D eigenvalue weighted by Gasteiger charge is -2.03. The molecular weight excluding hydrogens is 259 g/mol. The fourth-order valence-electron chi connectivity index (χ4n) is 1.19. The van der Waals surface area contributed by atoms with Crippen molar-refractivity contribution in [2.45, 2.75) is 20.3 Å². The first kappa shape index (κ1) is 14.0. The van der Waals surface area contributed by atoms with E-state index >= 15 is 0 Å². The van der Waals surface area contributed by atoms with Crippen molar-refractivity contribution < 1.29 is 4.79 Å². The van der Waals surface area contributed by atoms with Crippen molar-refractivity contribution in [2.75, 3.05) is 5.43 Å². The zero-order chi connectivity index (χ0) is 12.8. The van der Waals surface area contributed by atoms with E-state index in [9.17, 15) is 4.79 Å². The molecule has 0 radical (unpaired) electrons. The molecule has 0 spiro atoms. The van der Waals surface area contributed by atoms with Gasteiger partial charge in [0.2, 0.25) is 0 Å². The van der Waals surface area contributed by atoms with Gasteiger partial charge in [-0.2, -0.15) is 5.10 Å². The Labute approximate surface area is 111 Å². The molecule has 1 aromatic rings. The molecule has 0 aliphatic heterocycles. The topological polar surface area (TPSA) is 41.5 Å². The number of rotatable bonds is 5. The molecule has 92 valence electrons. The number of halogens is 2. The summed E-state index contributed by atoms with van der Waals surface area (Å²) in [6, 6.07) is 7.01. The Bertz CT molecular complexity index is 430. The van der Waals surface area contributed by atoms with E-state index in [-0.39, 0.29) is 16.9 Å². The third-order valence-corrected chi connectivity index (χ3v) is 2.46. The monoisotopic (exact) mass is 272 g/mol. The maximum absolute atomic E-state index is 11.5. The van der Waals surface area contributed by atoms with Crippen molar-refractivity contribution in [1.29, 1.82) is 0 Å². The number of Topliss-reactive ketones (excluding diaryl/α,β-unsaturated/α-hetero) is 1. The van der Waals surface area contributed by atoms with Gasteiger partial charge in [-0.15, -0.1) is 0 Å². The molecule has 0 aliphatic carbocycles. The van der Waals surface area contributed by atoms with Crippen LogP contribution in [0.15, 0.2) is 29.4 Å². The Morgan fingerprint density at radius 2 is 2.18 bits per heavy atom. The molecule has 0 heterocycles. The number of hydrogen-bond acceptors (Lipinski definition) is 3. The largest absolute Gasteiger partial charge is 0.291 e. The number of hydrogen-bond donors (Lipinski definition) is 1. The molecule has 1 N–H and O–H groups in total. The zero-order valence-corrected chi connectivity index (χ0v) is 11.2. The van der Waals surface area contributed by atoms with Crippen LogP contribution < -0.4 is 5.43 Å². The van der Waals surface area contributed by atoms with E-state index in [0.29, 0.717) is 17.1 Å². The summed E-state index contributed by atoms with van der Waals surface area (Å²) in [5, 5.41) is 4.36. The normalized spacial score (nSPS) is 11.7. The Balaban J connectivity index is 2.61. The highest BCUT2D eigenvalue weighted by Gasteiger charge is 2.10. The first-order chi connectivity index (χ1) is 7.99. The summed E-state index contributed by atoms with van der Waals surface area (Å²) in [5.41, 5.74) is 3.38. The maximum atomic E-state index is 11.5. The van der Waals surface area contributed by atoms with Gasteiger partial charge in [-0.05, 0) is 24.1 Å². The summed E-state index contributed by atoms with van der Waals surface area (Å²) in [7, 11) is 0. The molecule has 0 aromatic heterocycles. The van der Waals surface area contributed by atoms with Gasteiger partial charge in [-0.25, -0.2) is 0 Å². The van der Waals surface area contributed by atoms with Gasteiger partial charge in [-0.1, -0.05) is 43.1 Å². The van der Waals surface area contributed by atoms with Gasteiger partial charge in [0.25, 0.3) is 0 Å². The Kier molecular flexibility index (Phi) is 5.45. The van der Waals surface area contributed by atoms with Gasteiger partial charge in [0.05, 0.1) is 5.69 Å². The lowest BCUT2D eigenvalue weighted by molar-refractivity contribution is -0.113. The number of hydrazone groups is 1. The standard InChI is InChI=1S/C12H14Cl2N2O/c1-8(2)6-11(17)12(14)16-15-10-5-3-4-9(13)7-10/h3-5,7-8,15H,6H2,1-2H3/b16-12-. The average Bonchev–Trinajstić information content (AvgIpc) is 2.25. The number of anilines is 1. The molecule has 5 heteroatoms. The van der Waals surface area contributed by atoms with Gasteiger partial charge in [0.1, 0.15) is 0 Å². The van der Waals surface area contributed by atoms with Crippen LogP contribution >= 0.6 is 23.2 Å². The van der Waals surface area contributed by atoms with Crippen LogP contribution in [-0.4, -0.2) is 11.0 Å². The second-order valence-corrected chi connectivity index (χ2v) is 4.84. The molecule has 0 saturated heterocycles. The van der Waals surface area contributed by atoms with E-state index in [0.717, 1.165) is 0 Å². The summed E-state index contributed by atoms with van der Waals surface area (Å²) in [4.78, 5) is 11.5. The average molecular weight is 273 g/mol. The Morgan fingerprint density at radius 1 is 1.47 bits per heavy atom. The van der Waals surface area contributed by atoms with Crippen LogP contribution in [-0.2, 0) is 4.79 Å². The minimum atomic E-state index is -0.170. The van der Waals surface area contributed by atoms with Crippen molar-refractivity contribution in [2.24, 2.45) is 11.0 Å². The van der Waals surface area contributed by atoms with Gasteiger partial charge in [-0.3, -0.25) is 10.2 Å². The van der Waals surface area contributed by atoms with Crippen LogP contribution in [0.5, 0.6) is 0 Å². The predicted octanol–water partition coefficient (Wildman–Crippen LogP) is 3.92. The molecule has 1 aromatic carbocycles. The third kappa shape index (κ3) is 5.20. The molecule has 1 rings (SSSR count). The molecule has 17 heavy (non-hydrogen) atoms. The predicted molar refractivity (Wildman–Crippen MR) is 72.8 cm³/mol. The van der Waals surface area contributed by atoms with E-state index in [4.69, 9.17) is 23.2 Å². The van der Waals surface area contributed by atoms with Crippen molar-refractivity contribution in [3.05, 3.63) is 29.3 Å². The Morgan fingerprint density at radius 3 is 2.76 bits per heavy atom. The van der Waals surface area contributed by atoms with Crippen LogP contribution in [0.4, 0.5) is 5.69 Å². The number of carbonyl (C=O) groups is 1. The summed E-state index contributed by atoms with van der Waals surface area (Å²) >= 11 is 11.6. The molecule has 0 saturated carbocycles. The van der Waals surface area contributed by atoms with Crippen LogP contribution in [0, 0.1) is 5.92 Å². The highest BCUT2D eigenvalue weighted by atomic mass is 35.5. The van der Waals surface area contributed by atoms with Crippen molar-refractivity contribution in [3.8, 4) is 0 Å². The quantitative estimate of drug-likeness (QED) is 0.652. The van der Waals surface area contributed by atoms with Gasteiger partial charge in [0, 0.05) is 11.4 Å². The minimum absolute atomic E-state index is 0.0429. The summed E-state index contributed by atoms with van der Waals surface area (Å²) < 4.78 is 0.